The average molecular weight is 343 g/mol. The van der Waals surface area contributed by atoms with Gasteiger partial charge in [-0.1, -0.05) is 12.1 Å². The molecule has 1 fully saturated rings. The van der Waals surface area contributed by atoms with E-state index >= 15 is 0 Å². The van der Waals surface area contributed by atoms with E-state index in [9.17, 15) is 4.79 Å². The molecule has 128 valence electrons. The van der Waals surface area contributed by atoms with Crippen LogP contribution in [0.4, 0.5) is 0 Å². The van der Waals surface area contributed by atoms with Crippen molar-refractivity contribution in [1.29, 1.82) is 0 Å². The van der Waals surface area contributed by atoms with Crippen molar-refractivity contribution in [3.05, 3.63) is 52.0 Å². The van der Waals surface area contributed by atoms with Gasteiger partial charge >= 0.3 is 0 Å². The van der Waals surface area contributed by atoms with E-state index in [0.717, 1.165) is 35.9 Å². The number of carbonyl (C=O) groups is 1. The molecule has 4 nitrogen and oxygen atoms in total. The van der Waals surface area contributed by atoms with Gasteiger partial charge in [0.25, 0.3) is 5.91 Å². The van der Waals surface area contributed by atoms with Gasteiger partial charge in [-0.05, 0) is 62.9 Å². The number of rotatable bonds is 5. The van der Waals surface area contributed by atoms with Gasteiger partial charge in [0.2, 0.25) is 0 Å². The van der Waals surface area contributed by atoms with Crippen LogP contribution in [0.2, 0.25) is 0 Å². The maximum atomic E-state index is 12.8. The lowest BCUT2D eigenvalue weighted by Gasteiger charge is -2.25. The Bertz CT molecular complexity index is 665. The molecule has 1 aromatic carbocycles. The van der Waals surface area contributed by atoms with Gasteiger partial charge in [-0.15, -0.1) is 11.3 Å². The number of nitrogens with zero attached hydrogens (tertiary/aromatic N) is 2. The molecule has 1 aliphatic heterocycles. The number of carbonyl (C=O) groups excluding carboxylic acids is 1. The zero-order valence-electron chi connectivity index (χ0n) is 14.4. The van der Waals surface area contributed by atoms with Crippen molar-refractivity contribution in [2.75, 3.05) is 20.1 Å². The van der Waals surface area contributed by atoms with E-state index in [0.29, 0.717) is 0 Å². The first-order chi connectivity index (χ1) is 11.6. The normalized spacial score (nSPS) is 16.8. The Morgan fingerprint density at radius 3 is 2.92 bits per heavy atom. The molecule has 1 N–H and O–H groups in total. The molecule has 1 saturated heterocycles. The van der Waals surface area contributed by atoms with E-state index in [1.807, 2.05) is 37.8 Å². The highest BCUT2D eigenvalue weighted by molar-refractivity contribution is 7.09. The Balaban J connectivity index is 1.69. The van der Waals surface area contributed by atoms with Crippen LogP contribution in [-0.2, 0) is 6.42 Å². The molecule has 0 saturated carbocycles. The summed E-state index contributed by atoms with van der Waals surface area (Å²) >= 11 is 1.59. The molecule has 1 aromatic heterocycles. The Morgan fingerprint density at radius 1 is 1.42 bits per heavy atom. The largest absolute Gasteiger partial charge is 0.334 e. The predicted octanol–water partition coefficient (Wildman–Crippen LogP) is 3.52. The summed E-state index contributed by atoms with van der Waals surface area (Å²) in [6, 6.07) is 8.18. The van der Waals surface area contributed by atoms with Gasteiger partial charge in [-0.2, -0.15) is 0 Å². The van der Waals surface area contributed by atoms with Crippen molar-refractivity contribution in [2.45, 2.75) is 32.2 Å². The lowest BCUT2D eigenvalue weighted by Crippen LogP contribution is -2.30. The molecular formula is C19H25N3OS. The Kier molecular flexibility index (Phi) is 5.63. The Morgan fingerprint density at radius 2 is 2.21 bits per heavy atom. The second-order valence-electron chi connectivity index (χ2n) is 6.59. The van der Waals surface area contributed by atoms with Crippen molar-refractivity contribution in [2.24, 2.45) is 5.92 Å². The highest BCUT2D eigenvalue weighted by atomic mass is 32.1. The fourth-order valence-electron chi connectivity index (χ4n) is 3.25. The van der Waals surface area contributed by atoms with Crippen LogP contribution in [0, 0.1) is 5.92 Å². The molecular weight excluding hydrogens is 318 g/mol. The average Bonchev–Trinajstić information content (AvgIpc) is 3.15. The van der Waals surface area contributed by atoms with Crippen LogP contribution in [0.25, 0.3) is 0 Å². The van der Waals surface area contributed by atoms with Crippen LogP contribution in [0.5, 0.6) is 0 Å². The van der Waals surface area contributed by atoms with E-state index in [4.69, 9.17) is 0 Å². The lowest BCUT2D eigenvalue weighted by atomic mass is 9.90. The number of amides is 1. The van der Waals surface area contributed by atoms with Crippen molar-refractivity contribution >= 4 is 17.2 Å². The third-order valence-electron chi connectivity index (χ3n) is 4.92. The number of benzene rings is 1. The zero-order chi connectivity index (χ0) is 16.9. The number of hydrogen-bond donors (Lipinski definition) is 1. The summed E-state index contributed by atoms with van der Waals surface area (Å²) in [5.41, 5.74) is 3.86. The fraction of sp³-hybridized carbons (Fsp3) is 0.474. The third-order valence-corrected chi connectivity index (χ3v) is 5.87. The van der Waals surface area contributed by atoms with Gasteiger partial charge < -0.3 is 10.2 Å². The van der Waals surface area contributed by atoms with Crippen LogP contribution < -0.4 is 5.32 Å². The standard InChI is InChI=1S/C19H25N3OS/c1-14(18-12-21-13-24-18)22(2)19(23)17-5-3-4-16(11-17)10-15-6-8-20-9-7-15/h3-5,11-15,20H,6-10H2,1-2H3. The van der Waals surface area contributed by atoms with Crippen molar-refractivity contribution in [1.82, 2.24) is 15.2 Å². The maximum Gasteiger partial charge on any atom is 0.254 e. The smallest absolute Gasteiger partial charge is 0.254 e. The molecule has 0 radical (unpaired) electrons. The monoisotopic (exact) mass is 343 g/mol. The first-order valence-electron chi connectivity index (χ1n) is 8.60. The maximum absolute atomic E-state index is 12.8. The fourth-order valence-corrected chi connectivity index (χ4v) is 3.97. The summed E-state index contributed by atoms with van der Waals surface area (Å²) in [5, 5.41) is 3.41. The summed E-state index contributed by atoms with van der Waals surface area (Å²) in [4.78, 5) is 19.8. The first kappa shape index (κ1) is 17.1. The second-order valence-corrected chi connectivity index (χ2v) is 7.51. The first-order valence-corrected chi connectivity index (χ1v) is 9.48. The van der Waals surface area contributed by atoms with Crippen LogP contribution in [0.15, 0.2) is 36.0 Å². The second kappa shape index (κ2) is 7.90. The molecule has 0 aliphatic carbocycles. The molecule has 5 heteroatoms. The summed E-state index contributed by atoms with van der Waals surface area (Å²) < 4.78 is 0. The molecule has 1 unspecified atom stereocenters. The van der Waals surface area contributed by atoms with E-state index in [1.165, 1.54) is 18.4 Å². The highest BCUT2D eigenvalue weighted by Crippen LogP contribution is 2.24. The van der Waals surface area contributed by atoms with Gasteiger partial charge in [-0.25, -0.2) is 0 Å². The lowest BCUT2D eigenvalue weighted by molar-refractivity contribution is 0.0744. The van der Waals surface area contributed by atoms with Crippen LogP contribution in [0.1, 0.15) is 46.6 Å². The van der Waals surface area contributed by atoms with Crippen molar-refractivity contribution < 1.29 is 4.79 Å². The highest BCUT2D eigenvalue weighted by Gasteiger charge is 2.20. The Hall–Kier alpha value is -1.72. The molecule has 1 atom stereocenters. The molecule has 3 rings (SSSR count). The van der Waals surface area contributed by atoms with Crippen LogP contribution >= 0.6 is 11.3 Å². The van der Waals surface area contributed by atoms with Gasteiger partial charge in [-0.3, -0.25) is 9.78 Å². The van der Waals surface area contributed by atoms with E-state index < -0.39 is 0 Å². The molecule has 2 heterocycles. The summed E-state index contributed by atoms with van der Waals surface area (Å²) in [7, 11) is 1.87. The van der Waals surface area contributed by atoms with E-state index in [2.05, 4.69) is 22.4 Å². The molecule has 1 amide bonds. The minimum atomic E-state index is 0.0399. The number of thiazole rings is 1. The minimum Gasteiger partial charge on any atom is -0.334 e. The SMILES string of the molecule is CC(c1cncs1)N(C)C(=O)c1cccc(CC2CCNCC2)c1. The van der Waals surface area contributed by atoms with Crippen molar-refractivity contribution in [3.8, 4) is 0 Å². The summed E-state index contributed by atoms with van der Waals surface area (Å²) in [5.74, 6) is 0.800. The molecule has 1 aliphatic rings. The summed E-state index contributed by atoms with van der Waals surface area (Å²) in [6.45, 7) is 4.26. The number of hydrogen-bond acceptors (Lipinski definition) is 4. The quantitative estimate of drug-likeness (QED) is 0.903. The minimum absolute atomic E-state index is 0.0399. The van der Waals surface area contributed by atoms with Gasteiger partial charge in [0.1, 0.15) is 0 Å². The molecule has 0 bridgehead atoms. The third kappa shape index (κ3) is 4.02. The molecule has 24 heavy (non-hydrogen) atoms. The van der Waals surface area contributed by atoms with Crippen LogP contribution in [-0.4, -0.2) is 35.9 Å². The van der Waals surface area contributed by atoms with E-state index in [1.54, 1.807) is 16.2 Å². The van der Waals surface area contributed by atoms with Crippen LogP contribution in [0.3, 0.4) is 0 Å². The number of piperidine rings is 1. The number of nitrogens with one attached hydrogen (secondary N) is 1. The zero-order valence-corrected chi connectivity index (χ0v) is 15.2. The van der Waals surface area contributed by atoms with Crippen molar-refractivity contribution in [3.63, 3.8) is 0 Å². The number of aromatic nitrogens is 1. The topological polar surface area (TPSA) is 45.2 Å². The van der Waals surface area contributed by atoms with Gasteiger partial charge in [0.15, 0.2) is 0 Å². The molecule has 2 aromatic rings. The summed E-state index contributed by atoms with van der Waals surface area (Å²) in [6.07, 6.45) is 5.35. The van der Waals surface area contributed by atoms with Gasteiger partial charge in [0, 0.05) is 23.7 Å². The Labute approximate surface area is 147 Å². The van der Waals surface area contributed by atoms with E-state index in [-0.39, 0.29) is 11.9 Å². The van der Waals surface area contributed by atoms with Gasteiger partial charge in [0.05, 0.1) is 11.6 Å². The predicted molar refractivity (Wildman–Crippen MR) is 98.4 cm³/mol. The molecule has 0 spiro atoms.